The first-order chi connectivity index (χ1) is 13.7. The second kappa shape index (κ2) is 11.1. The highest BCUT2D eigenvalue weighted by atomic mass is 127. The molecule has 5 atom stereocenters. The van der Waals surface area contributed by atoms with Crippen molar-refractivity contribution >= 4 is 40.7 Å². The molecular formula is C22H37IO4SSi. The molecule has 1 fully saturated rings. The molecule has 1 aliphatic rings. The SMILES string of the molecule is CC[Si](CC)(CC)O[C@H]1C(C)C(CI)OC(CCS(=O)(=O)c2ccccc2)C1C. The zero-order valence-electron chi connectivity index (χ0n) is 18.4. The van der Waals surface area contributed by atoms with Gasteiger partial charge < -0.3 is 9.16 Å². The third-order valence-electron chi connectivity index (χ3n) is 6.80. The van der Waals surface area contributed by atoms with E-state index in [1.807, 2.05) is 6.07 Å². The molecule has 4 unspecified atom stereocenters. The molecule has 7 heteroatoms. The van der Waals surface area contributed by atoms with Crippen LogP contribution in [0.15, 0.2) is 35.2 Å². The molecule has 1 aliphatic heterocycles. The van der Waals surface area contributed by atoms with Crippen molar-refractivity contribution in [2.24, 2.45) is 11.8 Å². The zero-order chi connectivity index (χ0) is 21.7. The lowest BCUT2D eigenvalue weighted by atomic mass is 9.82. The Hall–Kier alpha value is 0.0369. The van der Waals surface area contributed by atoms with Gasteiger partial charge in [-0.3, -0.25) is 0 Å². The van der Waals surface area contributed by atoms with Crippen molar-refractivity contribution in [2.75, 3.05) is 10.2 Å². The number of alkyl halides is 1. The fourth-order valence-corrected chi connectivity index (χ4v) is 9.77. The van der Waals surface area contributed by atoms with Gasteiger partial charge in [0.15, 0.2) is 18.2 Å². The molecule has 1 aromatic rings. The molecule has 0 radical (unpaired) electrons. The first-order valence-electron chi connectivity index (χ1n) is 10.9. The van der Waals surface area contributed by atoms with E-state index in [1.54, 1.807) is 24.3 Å². The lowest BCUT2D eigenvalue weighted by molar-refractivity contribution is -0.149. The van der Waals surface area contributed by atoms with E-state index >= 15 is 0 Å². The Morgan fingerprint density at radius 3 is 2.07 bits per heavy atom. The summed E-state index contributed by atoms with van der Waals surface area (Å²) >= 11 is 2.38. The van der Waals surface area contributed by atoms with E-state index in [1.165, 1.54) is 0 Å². The molecule has 0 aliphatic carbocycles. The average Bonchev–Trinajstić information content (AvgIpc) is 2.74. The van der Waals surface area contributed by atoms with Gasteiger partial charge in [-0.1, -0.05) is 75.4 Å². The van der Waals surface area contributed by atoms with Gasteiger partial charge >= 0.3 is 0 Å². The van der Waals surface area contributed by atoms with Crippen LogP contribution in [0.2, 0.25) is 18.1 Å². The van der Waals surface area contributed by atoms with Gasteiger partial charge in [0.05, 0.1) is 29.0 Å². The average molecular weight is 553 g/mol. The molecule has 166 valence electrons. The summed E-state index contributed by atoms with van der Waals surface area (Å²) in [4.78, 5) is 0.393. The summed E-state index contributed by atoms with van der Waals surface area (Å²) in [6, 6.07) is 12.1. The number of sulfone groups is 1. The van der Waals surface area contributed by atoms with Gasteiger partial charge in [0.1, 0.15) is 0 Å². The first kappa shape index (κ1) is 25.3. The summed E-state index contributed by atoms with van der Waals surface area (Å²) in [5, 5.41) is 0. The fourth-order valence-electron chi connectivity index (χ4n) is 4.40. The highest BCUT2D eigenvalue weighted by Gasteiger charge is 2.45. The van der Waals surface area contributed by atoms with E-state index in [0.717, 1.165) is 22.6 Å². The number of rotatable bonds is 10. The number of hydrogen-bond donors (Lipinski definition) is 0. The van der Waals surface area contributed by atoms with E-state index in [2.05, 4.69) is 57.2 Å². The van der Waals surface area contributed by atoms with Crippen LogP contribution in [-0.4, -0.2) is 45.2 Å². The van der Waals surface area contributed by atoms with Crippen LogP contribution in [0.25, 0.3) is 0 Å². The van der Waals surface area contributed by atoms with Crippen LogP contribution in [0.4, 0.5) is 0 Å². The third kappa shape index (κ3) is 6.05. The Bertz CT molecular complexity index is 715. The summed E-state index contributed by atoms with van der Waals surface area (Å²) in [5.74, 6) is 0.617. The minimum atomic E-state index is -3.30. The summed E-state index contributed by atoms with van der Waals surface area (Å²) in [5.41, 5.74) is 0. The summed E-state index contributed by atoms with van der Waals surface area (Å²) in [6.07, 6.45) is 0.668. The van der Waals surface area contributed by atoms with Crippen LogP contribution in [0.3, 0.4) is 0 Å². The van der Waals surface area contributed by atoms with Crippen LogP contribution in [0.1, 0.15) is 41.0 Å². The number of ether oxygens (including phenoxy) is 1. The number of hydrogen-bond acceptors (Lipinski definition) is 4. The van der Waals surface area contributed by atoms with Gasteiger partial charge in [-0.25, -0.2) is 8.42 Å². The largest absolute Gasteiger partial charge is 0.413 e. The topological polar surface area (TPSA) is 52.6 Å². The van der Waals surface area contributed by atoms with Crippen LogP contribution >= 0.6 is 22.6 Å². The van der Waals surface area contributed by atoms with E-state index in [0.29, 0.717) is 17.2 Å². The highest BCUT2D eigenvalue weighted by Crippen LogP contribution is 2.38. The van der Waals surface area contributed by atoms with Crippen LogP contribution in [-0.2, 0) is 19.0 Å². The molecule has 1 aromatic carbocycles. The fraction of sp³-hybridized carbons (Fsp3) is 0.727. The molecule has 1 heterocycles. The monoisotopic (exact) mass is 552 g/mol. The van der Waals surface area contributed by atoms with Crippen molar-refractivity contribution in [1.82, 2.24) is 0 Å². The number of halogens is 1. The molecule has 0 bridgehead atoms. The molecule has 4 nitrogen and oxygen atoms in total. The van der Waals surface area contributed by atoms with Crippen molar-refractivity contribution in [3.63, 3.8) is 0 Å². The minimum absolute atomic E-state index is 0.0910. The molecular weight excluding hydrogens is 515 g/mol. The maximum Gasteiger partial charge on any atom is 0.192 e. The van der Waals surface area contributed by atoms with Crippen LogP contribution in [0.5, 0.6) is 0 Å². The number of benzene rings is 1. The highest BCUT2D eigenvalue weighted by molar-refractivity contribution is 14.1. The van der Waals surface area contributed by atoms with Crippen LogP contribution < -0.4 is 0 Å². The van der Waals surface area contributed by atoms with Crippen molar-refractivity contribution in [1.29, 1.82) is 0 Å². The predicted octanol–water partition coefficient (Wildman–Crippen LogP) is 5.72. The van der Waals surface area contributed by atoms with Gasteiger partial charge in [-0.05, 0) is 36.7 Å². The summed E-state index contributed by atoms with van der Waals surface area (Å²) < 4.78 is 39.8. The second-order valence-electron chi connectivity index (χ2n) is 8.33. The van der Waals surface area contributed by atoms with Crippen molar-refractivity contribution in [3.05, 3.63) is 30.3 Å². The maximum atomic E-state index is 12.8. The molecule has 0 amide bonds. The van der Waals surface area contributed by atoms with Crippen LogP contribution in [0, 0.1) is 11.8 Å². The van der Waals surface area contributed by atoms with E-state index in [9.17, 15) is 8.42 Å². The van der Waals surface area contributed by atoms with Gasteiger partial charge in [0.2, 0.25) is 0 Å². The first-order valence-corrected chi connectivity index (χ1v) is 16.6. The lowest BCUT2D eigenvalue weighted by Crippen LogP contribution is -2.55. The normalized spacial score (nSPS) is 28.4. The van der Waals surface area contributed by atoms with Gasteiger partial charge in [-0.15, -0.1) is 0 Å². The quantitative estimate of drug-likeness (QED) is 0.212. The Labute approximate surface area is 192 Å². The van der Waals surface area contributed by atoms with E-state index in [-0.39, 0.29) is 30.0 Å². The standard InChI is InChI=1S/C22H37IO4SSi/c1-6-29(7-2,8-3)27-22-17(4)20(26-21(16-23)18(22)5)14-15-28(24,25)19-12-10-9-11-13-19/h9-13,17-18,20-22H,6-8,14-16H2,1-5H3/t17?,18?,20?,21?,22-/m1/s1. The molecule has 0 spiro atoms. The van der Waals surface area contributed by atoms with Crippen molar-refractivity contribution in [3.8, 4) is 0 Å². The molecule has 29 heavy (non-hydrogen) atoms. The molecule has 0 N–H and O–H groups in total. The maximum absolute atomic E-state index is 12.8. The van der Waals surface area contributed by atoms with E-state index < -0.39 is 18.2 Å². The van der Waals surface area contributed by atoms with Gasteiger partial charge in [0.25, 0.3) is 0 Å². The summed E-state index contributed by atoms with van der Waals surface area (Å²) in [7, 11) is -5.05. The Morgan fingerprint density at radius 2 is 1.55 bits per heavy atom. The Morgan fingerprint density at radius 1 is 1.00 bits per heavy atom. The van der Waals surface area contributed by atoms with Gasteiger partial charge in [0, 0.05) is 16.3 Å². The summed E-state index contributed by atoms with van der Waals surface area (Å²) in [6.45, 7) is 11.2. The second-order valence-corrected chi connectivity index (χ2v) is 16.0. The zero-order valence-corrected chi connectivity index (χ0v) is 22.4. The lowest BCUT2D eigenvalue weighted by Gasteiger charge is -2.48. The van der Waals surface area contributed by atoms with E-state index in [4.69, 9.17) is 9.16 Å². The van der Waals surface area contributed by atoms with Crippen molar-refractivity contribution in [2.45, 2.75) is 82.4 Å². The smallest absolute Gasteiger partial charge is 0.192 e. The predicted molar refractivity (Wildman–Crippen MR) is 131 cm³/mol. The minimum Gasteiger partial charge on any atom is -0.413 e. The molecule has 0 aromatic heterocycles. The van der Waals surface area contributed by atoms with Gasteiger partial charge in [-0.2, -0.15) is 0 Å². The molecule has 0 saturated carbocycles. The molecule has 1 saturated heterocycles. The molecule has 2 rings (SSSR count). The Kier molecular flexibility index (Phi) is 9.65. The Balaban J connectivity index is 2.17. The van der Waals surface area contributed by atoms with Crippen molar-refractivity contribution < 1.29 is 17.6 Å². The third-order valence-corrected chi connectivity index (χ3v) is 14.1.